The molecule has 0 aromatic heterocycles. The lowest BCUT2D eigenvalue weighted by atomic mass is 10.1. The number of unbranched alkanes of at least 4 members (excludes halogenated alkanes) is 1. The summed E-state index contributed by atoms with van der Waals surface area (Å²) < 4.78 is 28.9. The van der Waals surface area contributed by atoms with E-state index in [-0.39, 0.29) is 0 Å². The van der Waals surface area contributed by atoms with Crippen molar-refractivity contribution in [3.8, 4) is 0 Å². The highest BCUT2D eigenvalue weighted by atomic mass is 32.2. The van der Waals surface area contributed by atoms with Crippen LogP contribution in [0.4, 0.5) is 0 Å². The zero-order chi connectivity index (χ0) is 18.7. The lowest BCUT2D eigenvalue weighted by Gasteiger charge is -2.12. The Bertz CT molecular complexity index is 658. The average molecular weight is 370 g/mol. The molecule has 1 rings (SSSR count). The summed E-state index contributed by atoms with van der Waals surface area (Å²) in [4.78, 5) is 4.91. The summed E-state index contributed by atoms with van der Waals surface area (Å²) in [5.41, 5.74) is 1.72. The number of benzene rings is 1. The van der Waals surface area contributed by atoms with Gasteiger partial charge in [0.2, 0.25) is 0 Å². The van der Waals surface area contributed by atoms with E-state index in [0.717, 1.165) is 43.1 Å². The largest absolute Gasteiger partial charge is 0.380 e. The number of guanidine groups is 1. The van der Waals surface area contributed by atoms with Crippen molar-refractivity contribution in [3.05, 3.63) is 29.3 Å². The Kier molecular flexibility index (Phi) is 9.52. The zero-order valence-electron chi connectivity index (χ0n) is 15.8. The minimum absolute atomic E-state index is 0.370. The van der Waals surface area contributed by atoms with Crippen molar-refractivity contribution in [1.29, 1.82) is 0 Å². The first-order valence-electron chi connectivity index (χ1n) is 8.78. The van der Waals surface area contributed by atoms with Gasteiger partial charge in [0, 0.05) is 26.0 Å². The topological polar surface area (TPSA) is 79.8 Å². The normalized spacial score (nSPS) is 12.2. The molecule has 25 heavy (non-hydrogen) atoms. The number of hydrogen-bond donors (Lipinski definition) is 2. The van der Waals surface area contributed by atoms with Crippen LogP contribution in [-0.2, 0) is 21.1 Å². The van der Waals surface area contributed by atoms with E-state index in [1.807, 2.05) is 19.1 Å². The standard InChI is InChI=1S/C18H31N3O3S/c1-5-7-11-24-12-10-20-18(19-6-2)21-14-16-8-9-17(15(3)13-16)25(4,22)23/h8-9,13H,5-7,10-12,14H2,1-4H3,(H2,19,20,21). The molecule has 1 aromatic rings. The Morgan fingerprint density at radius 3 is 2.56 bits per heavy atom. The number of rotatable bonds is 10. The Hall–Kier alpha value is -1.60. The van der Waals surface area contributed by atoms with Crippen LogP contribution in [0.2, 0.25) is 0 Å². The first-order chi connectivity index (χ1) is 11.9. The molecule has 0 spiro atoms. The molecule has 1 aromatic carbocycles. The summed E-state index contributed by atoms with van der Waals surface area (Å²) in [5, 5.41) is 6.43. The summed E-state index contributed by atoms with van der Waals surface area (Å²) in [6.07, 6.45) is 3.44. The summed E-state index contributed by atoms with van der Waals surface area (Å²) >= 11 is 0. The molecule has 0 unspecified atom stereocenters. The molecule has 0 saturated carbocycles. The smallest absolute Gasteiger partial charge is 0.191 e. The van der Waals surface area contributed by atoms with E-state index < -0.39 is 9.84 Å². The summed E-state index contributed by atoms with van der Waals surface area (Å²) in [6, 6.07) is 5.33. The maximum atomic E-state index is 11.7. The number of hydrogen-bond acceptors (Lipinski definition) is 4. The molecule has 142 valence electrons. The van der Waals surface area contributed by atoms with Crippen LogP contribution in [0.1, 0.15) is 37.8 Å². The second kappa shape index (κ2) is 11.1. The number of aryl methyl sites for hydroxylation is 1. The van der Waals surface area contributed by atoms with Gasteiger partial charge in [0.05, 0.1) is 18.0 Å². The predicted molar refractivity (Wildman–Crippen MR) is 103 cm³/mol. The van der Waals surface area contributed by atoms with Gasteiger partial charge in [0.1, 0.15) is 0 Å². The third kappa shape index (κ3) is 8.36. The van der Waals surface area contributed by atoms with Crippen molar-refractivity contribution < 1.29 is 13.2 Å². The predicted octanol–water partition coefficient (Wildman–Crippen LogP) is 2.27. The second-order valence-electron chi connectivity index (χ2n) is 5.96. The van der Waals surface area contributed by atoms with Crippen LogP contribution in [-0.4, -0.2) is 46.9 Å². The highest BCUT2D eigenvalue weighted by Gasteiger charge is 2.10. The Balaban J connectivity index is 2.60. The first-order valence-corrected chi connectivity index (χ1v) is 10.7. The number of aliphatic imine (C=N–C) groups is 1. The molecular weight excluding hydrogens is 338 g/mol. The molecule has 0 saturated heterocycles. The van der Waals surface area contributed by atoms with E-state index in [1.54, 1.807) is 13.0 Å². The van der Waals surface area contributed by atoms with Gasteiger partial charge < -0.3 is 15.4 Å². The van der Waals surface area contributed by atoms with Gasteiger partial charge in [-0.2, -0.15) is 0 Å². The number of ether oxygens (including phenoxy) is 1. The van der Waals surface area contributed by atoms with E-state index in [2.05, 4.69) is 22.5 Å². The molecule has 0 bridgehead atoms. The van der Waals surface area contributed by atoms with Crippen molar-refractivity contribution in [2.45, 2.75) is 45.1 Å². The van der Waals surface area contributed by atoms with Crippen LogP contribution in [0.3, 0.4) is 0 Å². The fraction of sp³-hybridized carbons (Fsp3) is 0.611. The Labute approximate surface area is 152 Å². The highest BCUT2D eigenvalue weighted by molar-refractivity contribution is 7.90. The molecule has 0 aliphatic heterocycles. The van der Waals surface area contributed by atoms with E-state index in [1.165, 1.54) is 6.26 Å². The molecule has 6 nitrogen and oxygen atoms in total. The molecule has 0 radical (unpaired) electrons. The second-order valence-corrected chi connectivity index (χ2v) is 7.94. The van der Waals surface area contributed by atoms with Gasteiger partial charge in [-0.1, -0.05) is 25.5 Å². The van der Waals surface area contributed by atoms with Gasteiger partial charge in [-0.25, -0.2) is 13.4 Å². The van der Waals surface area contributed by atoms with Crippen LogP contribution in [0.15, 0.2) is 28.1 Å². The molecule has 0 atom stereocenters. The molecule has 0 aliphatic carbocycles. The monoisotopic (exact) mass is 369 g/mol. The molecule has 0 fully saturated rings. The van der Waals surface area contributed by atoms with Crippen LogP contribution in [0, 0.1) is 6.92 Å². The van der Waals surface area contributed by atoms with Gasteiger partial charge in [-0.15, -0.1) is 0 Å². The van der Waals surface area contributed by atoms with Crippen molar-refractivity contribution in [2.24, 2.45) is 4.99 Å². The average Bonchev–Trinajstić information content (AvgIpc) is 2.54. The van der Waals surface area contributed by atoms with Crippen LogP contribution in [0.5, 0.6) is 0 Å². The Morgan fingerprint density at radius 1 is 1.20 bits per heavy atom. The van der Waals surface area contributed by atoms with E-state index in [0.29, 0.717) is 24.6 Å². The van der Waals surface area contributed by atoms with Gasteiger partial charge >= 0.3 is 0 Å². The fourth-order valence-electron chi connectivity index (χ4n) is 2.33. The first kappa shape index (κ1) is 21.4. The summed E-state index contributed by atoms with van der Waals surface area (Å²) in [5.74, 6) is 0.728. The van der Waals surface area contributed by atoms with Gasteiger partial charge in [0.15, 0.2) is 15.8 Å². The minimum Gasteiger partial charge on any atom is -0.380 e. The summed E-state index contributed by atoms with van der Waals surface area (Å²) in [6.45, 7) is 9.35. The SMILES string of the molecule is CCCCOCCNC(=NCc1ccc(S(C)(=O)=O)c(C)c1)NCC. The third-order valence-corrected chi connectivity index (χ3v) is 4.84. The van der Waals surface area contributed by atoms with Gasteiger partial charge in [0.25, 0.3) is 0 Å². The minimum atomic E-state index is -3.19. The van der Waals surface area contributed by atoms with Crippen molar-refractivity contribution in [2.75, 3.05) is 32.6 Å². The van der Waals surface area contributed by atoms with Crippen LogP contribution in [0.25, 0.3) is 0 Å². The van der Waals surface area contributed by atoms with Crippen LogP contribution < -0.4 is 10.6 Å². The fourth-order valence-corrected chi connectivity index (χ4v) is 3.29. The zero-order valence-corrected chi connectivity index (χ0v) is 16.6. The third-order valence-electron chi connectivity index (χ3n) is 3.58. The molecule has 0 heterocycles. The molecule has 0 amide bonds. The lowest BCUT2D eigenvalue weighted by Crippen LogP contribution is -2.39. The van der Waals surface area contributed by atoms with Crippen molar-refractivity contribution >= 4 is 15.8 Å². The van der Waals surface area contributed by atoms with Crippen molar-refractivity contribution in [3.63, 3.8) is 0 Å². The van der Waals surface area contributed by atoms with Crippen molar-refractivity contribution in [1.82, 2.24) is 10.6 Å². The van der Waals surface area contributed by atoms with Crippen LogP contribution >= 0.6 is 0 Å². The van der Waals surface area contributed by atoms with E-state index in [4.69, 9.17) is 4.74 Å². The lowest BCUT2D eigenvalue weighted by molar-refractivity contribution is 0.136. The van der Waals surface area contributed by atoms with Gasteiger partial charge in [-0.05, 0) is 37.5 Å². The molecule has 0 aliphatic rings. The maximum Gasteiger partial charge on any atom is 0.191 e. The van der Waals surface area contributed by atoms with E-state index >= 15 is 0 Å². The number of nitrogens with one attached hydrogen (secondary N) is 2. The number of nitrogens with zero attached hydrogens (tertiary/aromatic N) is 1. The van der Waals surface area contributed by atoms with Gasteiger partial charge in [-0.3, -0.25) is 0 Å². The Morgan fingerprint density at radius 2 is 1.96 bits per heavy atom. The molecular formula is C18H31N3O3S. The number of sulfone groups is 1. The summed E-state index contributed by atoms with van der Waals surface area (Å²) in [7, 11) is -3.19. The molecule has 2 N–H and O–H groups in total. The maximum absolute atomic E-state index is 11.7. The highest BCUT2D eigenvalue weighted by Crippen LogP contribution is 2.17. The molecule has 7 heteroatoms. The van der Waals surface area contributed by atoms with E-state index in [9.17, 15) is 8.42 Å². The quantitative estimate of drug-likeness (QED) is 0.376.